The number of carboxylic acid groups (broad SMARTS) is 1. The summed E-state index contributed by atoms with van der Waals surface area (Å²) in [4.78, 5) is 18.3. The number of hydrogen-bond donors (Lipinski definition) is 2. The second kappa shape index (κ2) is 10.1. The maximum absolute atomic E-state index is 11.2. The molecule has 0 saturated carbocycles. The summed E-state index contributed by atoms with van der Waals surface area (Å²) in [5, 5.41) is 18.7. The number of nitrogens with one attached hydrogen (secondary N) is 1. The molecule has 7 heteroatoms. The molecule has 0 radical (unpaired) electrons. The van der Waals surface area contributed by atoms with E-state index in [1.807, 2.05) is 17.1 Å². The lowest BCUT2D eigenvalue weighted by atomic mass is 9.96. The first-order chi connectivity index (χ1) is 14.1. The third kappa shape index (κ3) is 5.07. The lowest BCUT2D eigenvalue weighted by Crippen LogP contribution is -2.36. The fourth-order valence-corrected chi connectivity index (χ4v) is 4.36. The second-order valence-electron chi connectivity index (χ2n) is 8.16. The molecule has 2 N–H and O–H groups in total. The van der Waals surface area contributed by atoms with Gasteiger partial charge in [0, 0.05) is 30.9 Å². The second-order valence-corrected chi connectivity index (χ2v) is 8.16. The van der Waals surface area contributed by atoms with E-state index in [1.165, 1.54) is 5.56 Å². The molecule has 1 aliphatic rings. The van der Waals surface area contributed by atoms with E-state index in [2.05, 4.69) is 36.1 Å². The van der Waals surface area contributed by atoms with Gasteiger partial charge in [0.2, 0.25) is 0 Å². The monoisotopic (exact) mass is 401 g/mol. The molecular weight excluding hydrogens is 366 g/mol. The van der Waals surface area contributed by atoms with E-state index in [1.54, 1.807) is 0 Å². The molecule has 0 bridgehead atoms. The van der Waals surface area contributed by atoms with Crippen LogP contribution < -0.4 is 5.32 Å². The normalized spacial score (nSPS) is 16.0. The number of nitrogens with zero attached hydrogens (tertiary/aromatic N) is 4. The van der Waals surface area contributed by atoms with Gasteiger partial charge in [0.05, 0.1) is 23.2 Å². The zero-order valence-corrected chi connectivity index (χ0v) is 18.0. The minimum Gasteiger partial charge on any atom is -0.481 e. The number of fused-ring (bicyclic) bond motifs is 1. The summed E-state index contributed by atoms with van der Waals surface area (Å²) in [6.45, 7) is 9.76. The number of piperidine rings is 1. The molecule has 2 aromatic heterocycles. The van der Waals surface area contributed by atoms with Crippen LogP contribution in [0.5, 0.6) is 0 Å². The molecule has 3 rings (SSSR count). The fraction of sp³-hybridized carbons (Fsp3) is 0.682. The van der Waals surface area contributed by atoms with E-state index in [9.17, 15) is 9.90 Å². The molecule has 1 saturated heterocycles. The number of aromatic nitrogens is 3. The lowest BCUT2D eigenvalue weighted by Gasteiger charge is -2.31. The molecule has 0 spiro atoms. The summed E-state index contributed by atoms with van der Waals surface area (Å²) in [5.74, 6) is -0.866. The number of likely N-dealkylation sites (tertiary alicyclic amines) is 1. The van der Waals surface area contributed by atoms with Gasteiger partial charge < -0.3 is 10.4 Å². The zero-order chi connectivity index (χ0) is 20.8. The fourth-order valence-electron chi connectivity index (χ4n) is 4.36. The molecule has 0 atom stereocenters. The van der Waals surface area contributed by atoms with Crippen LogP contribution in [0.2, 0.25) is 0 Å². The number of aliphatic carboxylic acids is 1. The van der Waals surface area contributed by atoms with Gasteiger partial charge in [-0.25, -0.2) is 9.67 Å². The van der Waals surface area contributed by atoms with E-state index in [-0.39, 0.29) is 5.92 Å². The summed E-state index contributed by atoms with van der Waals surface area (Å²) < 4.78 is 1.94. The molecule has 0 unspecified atom stereocenters. The van der Waals surface area contributed by atoms with Crippen LogP contribution in [-0.4, -0.2) is 49.9 Å². The predicted molar refractivity (Wildman–Crippen MR) is 116 cm³/mol. The van der Waals surface area contributed by atoms with Crippen LogP contribution in [0.1, 0.15) is 64.9 Å². The van der Waals surface area contributed by atoms with Crippen LogP contribution >= 0.6 is 0 Å². The first kappa shape index (κ1) is 21.6. The van der Waals surface area contributed by atoms with Crippen molar-refractivity contribution in [1.29, 1.82) is 0 Å². The Hall–Kier alpha value is -2.15. The standard InChI is InChI=1S/C22H35N5O2/c1-4-7-18(8-5-2)25-20-17(13-23-21-19(20)14-24-27(21)6-3)15-26-11-9-16(10-12-26)22(28)29/h13-14,16,18H,4-12,15H2,1-3H3,(H,23,25)(H,28,29). The van der Waals surface area contributed by atoms with E-state index < -0.39 is 5.97 Å². The van der Waals surface area contributed by atoms with E-state index in [0.29, 0.717) is 6.04 Å². The van der Waals surface area contributed by atoms with Crippen LogP contribution in [0.15, 0.2) is 12.4 Å². The highest BCUT2D eigenvalue weighted by atomic mass is 16.4. The SMILES string of the molecule is CCCC(CCC)Nc1c(CN2CCC(C(=O)O)CC2)cnc2c1cnn2CC. The molecule has 29 heavy (non-hydrogen) atoms. The molecule has 1 fully saturated rings. The number of anilines is 1. The van der Waals surface area contributed by atoms with Crippen molar-refractivity contribution in [2.45, 2.75) is 78.4 Å². The highest BCUT2D eigenvalue weighted by Gasteiger charge is 2.25. The smallest absolute Gasteiger partial charge is 0.306 e. The van der Waals surface area contributed by atoms with Crippen molar-refractivity contribution in [3.63, 3.8) is 0 Å². The number of hydrogen-bond acceptors (Lipinski definition) is 5. The van der Waals surface area contributed by atoms with Gasteiger partial charge in [-0.1, -0.05) is 26.7 Å². The molecular formula is C22H35N5O2. The number of pyridine rings is 1. The maximum atomic E-state index is 11.2. The van der Waals surface area contributed by atoms with Gasteiger partial charge in [-0.3, -0.25) is 9.69 Å². The third-order valence-electron chi connectivity index (χ3n) is 6.00. The number of carboxylic acids is 1. The molecule has 7 nitrogen and oxygen atoms in total. The van der Waals surface area contributed by atoms with Crippen molar-refractivity contribution in [2.24, 2.45) is 5.92 Å². The Morgan fingerprint density at radius 3 is 2.48 bits per heavy atom. The van der Waals surface area contributed by atoms with Gasteiger partial charge in [-0.2, -0.15) is 5.10 Å². The molecule has 1 aliphatic heterocycles. The maximum Gasteiger partial charge on any atom is 0.306 e. The highest BCUT2D eigenvalue weighted by Crippen LogP contribution is 2.30. The van der Waals surface area contributed by atoms with Crippen LogP contribution in [-0.2, 0) is 17.9 Å². The van der Waals surface area contributed by atoms with Crippen molar-refractivity contribution < 1.29 is 9.90 Å². The number of rotatable bonds is 10. The van der Waals surface area contributed by atoms with Gasteiger partial charge in [0.25, 0.3) is 0 Å². The van der Waals surface area contributed by atoms with Crippen molar-refractivity contribution in [2.75, 3.05) is 18.4 Å². The van der Waals surface area contributed by atoms with E-state index >= 15 is 0 Å². The molecule has 3 heterocycles. The van der Waals surface area contributed by atoms with Crippen molar-refractivity contribution in [3.05, 3.63) is 18.0 Å². The minimum absolute atomic E-state index is 0.203. The first-order valence-corrected chi connectivity index (χ1v) is 11.1. The summed E-state index contributed by atoms with van der Waals surface area (Å²) in [5.41, 5.74) is 3.26. The third-order valence-corrected chi connectivity index (χ3v) is 6.00. The Bertz CT molecular complexity index is 805. The highest BCUT2D eigenvalue weighted by molar-refractivity contribution is 5.90. The van der Waals surface area contributed by atoms with Gasteiger partial charge in [0.1, 0.15) is 0 Å². The topological polar surface area (TPSA) is 83.3 Å². The summed E-state index contributed by atoms with van der Waals surface area (Å²) in [7, 11) is 0. The summed E-state index contributed by atoms with van der Waals surface area (Å²) >= 11 is 0. The van der Waals surface area contributed by atoms with Crippen molar-refractivity contribution >= 4 is 22.7 Å². The van der Waals surface area contributed by atoms with Crippen molar-refractivity contribution in [3.8, 4) is 0 Å². The van der Waals surface area contributed by atoms with Crippen LogP contribution in [0.25, 0.3) is 11.0 Å². The summed E-state index contributed by atoms with van der Waals surface area (Å²) in [6.07, 6.45) is 9.94. The zero-order valence-electron chi connectivity index (χ0n) is 18.0. The van der Waals surface area contributed by atoms with Crippen molar-refractivity contribution in [1.82, 2.24) is 19.7 Å². The molecule has 0 aromatic carbocycles. The Kier molecular flexibility index (Phi) is 7.47. The average molecular weight is 402 g/mol. The Morgan fingerprint density at radius 1 is 1.21 bits per heavy atom. The van der Waals surface area contributed by atoms with Crippen LogP contribution in [0.3, 0.4) is 0 Å². The van der Waals surface area contributed by atoms with E-state index in [0.717, 1.165) is 81.4 Å². The Morgan fingerprint density at radius 2 is 1.90 bits per heavy atom. The summed E-state index contributed by atoms with van der Waals surface area (Å²) in [6, 6.07) is 0.442. The van der Waals surface area contributed by atoms with Gasteiger partial charge in [-0.05, 0) is 45.7 Å². The van der Waals surface area contributed by atoms with E-state index in [4.69, 9.17) is 4.98 Å². The minimum atomic E-state index is -0.663. The van der Waals surface area contributed by atoms with Crippen LogP contribution in [0.4, 0.5) is 5.69 Å². The number of aryl methyl sites for hydroxylation is 1. The van der Waals surface area contributed by atoms with Gasteiger partial charge >= 0.3 is 5.97 Å². The van der Waals surface area contributed by atoms with Crippen LogP contribution in [0, 0.1) is 5.92 Å². The lowest BCUT2D eigenvalue weighted by molar-refractivity contribution is -0.143. The Labute approximate surface area is 173 Å². The largest absolute Gasteiger partial charge is 0.481 e. The van der Waals surface area contributed by atoms with Gasteiger partial charge in [-0.15, -0.1) is 0 Å². The molecule has 2 aromatic rings. The molecule has 0 amide bonds. The molecule has 0 aliphatic carbocycles. The molecule has 160 valence electrons. The average Bonchev–Trinajstić information content (AvgIpc) is 3.14. The number of carbonyl (C=O) groups is 1. The Balaban J connectivity index is 1.86. The quantitative estimate of drug-likeness (QED) is 0.623. The van der Waals surface area contributed by atoms with Gasteiger partial charge in [0.15, 0.2) is 5.65 Å². The first-order valence-electron chi connectivity index (χ1n) is 11.1. The predicted octanol–water partition coefficient (Wildman–Crippen LogP) is 4.13.